The van der Waals surface area contributed by atoms with Crippen molar-refractivity contribution < 1.29 is 12.8 Å². The van der Waals surface area contributed by atoms with Crippen LogP contribution >= 0.6 is 0 Å². The number of hydrogen-bond donors (Lipinski definition) is 0. The van der Waals surface area contributed by atoms with Gasteiger partial charge in [-0.2, -0.15) is 0 Å². The maximum Gasteiger partial charge on any atom is 0.150 e. The van der Waals surface area contributed by atoms with E-state index in [1.165, 1.54) is 13.8 Å². The highest BCUT2D eigenvalue weighted by molar-refractivity contribution is 7.91. The third-order valence-electron chi connectivity index (χ3n) is 1.39. The molecule has 0 aromatic heterocycles. The predicted octanol–water partition coefficient (Wildman–Crippen LogP) is 1.17. The zero-order valence-electron chi connectivity index (χ0n) is 6.46. The lowest BCUT2D eigenvalue weighted by atomic mass is 10.2. The van der Waals surface area contributed by atoms with Crippen molar-refractivity contribution in [2.24, 2.45) is 0 Å². The van der Waals surface area contributed by atoms with Gasteiger partial charge in [-0.1, -0.05) is 0 Å². The van der Waals surface area contributed by atoms with Crippen LogP contribution in [0.4, 0.5) is 4.39 Å². The van der Waals surface area contributed by atoms with Gasteiger partial charge < -0.3 is 0 Å². The van der Waals surface area contributed by atoms with E-state index in [1.807, 2.05) is 0 Å². The molecule has 0 aromatic rings. The monoisotopic (exact) mass is 168 g/mol. The maximum atomic E-state index is 12.2. The number of halogens is 1. The molecule has 2 nitrogen and oxygen atoms in total. The Kier molecular flexibility index (Phi) is 3.28. The van der Waals surface area contributed by atoms with Crippen LogP contribution in [0.5, 0.6) is 0 Å². The molecule has 0 saturated heterocycles. The molecule has 0 amide bonds. The van der Waals surface area contributed by atoms with E-state index in [4.69, 9.17) is 0 Å². The van der Waals surface area contributed by atoms with Gasteiger partial charge in [0.25, 0.3) is 0 Å². The molecule has 0 bridgehead atoms. The fourth-order valence-corrected chi connectivity index (χ4v) is 1.25. The third-order valence-corrected chi connectivity index (χ3v) is 3.04. The molecule has 0 aliphatic carbocycles. The molecule has 0 aliphatic rings. The average Bonchev–Trinajstić information content (AvgIpc) is 1.60. The summed E-state index contributed by atoms with van der Waals surface area (Å²) in [4.78, 5) is 0. The lowest BCUT2D eigenvalue weighted by Gasteiger charge is -2.08. The largest absolute Gasteiger partial charge is 0.248 e. The lowest BCUT2D eigenvalue weighted by Crippen LogP contribution is -2.19. The Balaban J connectivity index is 3.99. The Morgan fingerprint density at radius 2 is 1.80 bits per heavy atom. The van der Waals surface area contributed by atoms with Gasteiger partial charge in [0.15, 0.2) is 0 Å². The molecule has 0 rings (SSSR count). The molecular weight excluding hydrogens is 155 g/mol. The first-order valence-corrected chi connectivity index (χ1v) is 5.12. The van der Waals surface area contributed by atoms with E-state index in [0.717, 1.165) is 6.26 Å². The van der Waals surface area contributed by atoms with Gasteiger partial charge in [0.2, 0.25) is 0 Å². The van der Waals surface area contributed by atoms with Crippen molar-refractivity contribution in [3.63, 3.8) is 0 Å². The van der Waals surface area contributed by atoms with Gasteiger partial charge >= 0.3 is 0 Å². The minimum atomic E-state index is -3.04. The Bertz CT molecular complexity index is 184. The molecule has 0 spiro atoms. The smallest absolute Gasteiger partial charge is 0.150 e. The van der Waals surface area contributed by atoms with Crippen molar-refractivity contribution in [1.29, 1.82) is 0 Å². The van der Waals surface area contributed by atoms with Crippen LogP contribution < -0.4 is 0 Å². The van der Waals surface area contributed by atoms with Gasteiger partial charge in [0.1, 0.15) is 9.84 Å². The van der Waals surface area contributed by atoms with Crippen molar-refractivity contribution in [1.82, 2.24) is 0 Å². The summed E-state index contributed by atoms with van der Waals surface area (Å²) in [6.45, 7) is 2.88. The van der Waals surface area contributed by atoms with Crippen LogP contribution in [0, 0.1) is 0 Å². The number of rotatable bonds is 3. The number of hydrogen-bond acceptors (Lipinski definition) is 2. The maximum absolute atomic E-state index is 12.2. The van der Waals surface area contributed by atoms with Gasteiger partial charge in [-0.25, -0.2) is 12.8 Å². The van der Waals surface area contributed by atoms with Gasteiger partial charge in [-0.15, -0.1) is 0 Å². The summed E-state index contributed by atoms with van der Waals surface area (Å²) in [5, 5.41) is -0.563. The van der Waals surface area contributed by atoms with Crippen molar-refractivity contribution in [2.45, 2.75) is 31.7 Å². The fraction of sp³-hybridized carbons (Fsp3) is 1.00. The van der Waals surface area contributed by atoms with Gasteiger partial charge in [0.05, 0.1) is 11.4 Å². The topological polar surface area (TPSA) is 34.1 Å². The predicted molar refractivity (Wildman–Crippen MR) is 39.5 cm³/mol. The molecule has 0 aromatic carbocycles. The molecule has 10 heavy (non-hydrogen) atoms. The molecule has 0 aliphatic heterocycles. The average molecular weight is 168 g/mol. The Morgan fingerprint density at radius 1 is 1.40 bits per heavy atom. The summed E-state index contributed by atoms with van der Waals surface area (Å²) < 4.78 is 33.6. The number of alkyl halides is 1. The van der Waals surface area contributed by atoms with Crippen molar-refractivity contribution in [2.75, 3.05) is 6.26 Å². The van der Waals surface area contributed by atoms with E-state index in [1.54, 1.807) is 0 Å². The molecule has 62 valence electrons. The summed E-state index contributed by atoms with van der Waals surface area (Å²) >= 11 is 0. The minimum absolute atomic E-state index is 0.0961. The number of sulfone groups is 1. The molecule has 2 unspecified atom stereocenters. The zero-order valence-corrected chi connectivity index (χ0v) is 7.28. The van der Waals surface area contributed by atoms with E-state index in [2.05, 4.69) is 0 Å². The SMILES string of the molecule is CC(F)CC(C)S(C)(=O)=O. The first-order valence-electron chi connectivity index (χ1n) is 3.17. The van der Waals surface area contributed by atoms with Crippen LogP contribution in [0.1, 0.15) is 20.3 Å². The highest BCUT2D eigenvalue weighted by atomic mass is 32.2. The van der Waals surface area contributed by atoms with Crippen molar-refractivity contribution in [3.05, 3.63) is 0 Å². The van der Waals surface area contributed by atoms with Crippen LogP contribution in [0.3, 0.4) is 0 Å². The van der Waals surface area contributed by atoms with Gasteiger partial charge in [-0.05, 0) is 20.3 Å². The second kappa shape index (κ2) is 3.32. The molecule has 0 saturated carbocycles. The van der Waals surface area contributed by atoms with Crippen LogP contribution in [0.2, 0.25) is 0 Å². The minimum Gasteiger partial charge on any atom is -0.248 e. The molecule has 2 atom stereocenters. The molecular formula is C6H13FO2S. The normalized spacial score (nSPS) is 18.4. The van der Waals surface area contributed by atoms with Crippen LogP contribution in [0.25, 0.3) is 0 Å². The summed E-state index contributed by atoms with van der Waals surface area (Å²) in [6.07, 6.45) is 0.184. The highest BCUT2D eigenvalue weighted by Crippen LogP contribution is 2.08. The lowest BCUT2D eigenvalue weighted by molar-refractivity contribution is 0.338. The Morgan fingerprint density at radius 3 is 1.90 bits per heavy atom. The summed E-state index contributed by atoms with van der Waals surface area (Å²) in [6, 6.07) is 0. The first-order chi connectivity index (χ1) is 4.34. The third kappa shape index (κ3) is 3.82. The van der Waals surface area contributed by atoms with Crippen LogP contribution in [0.15, 0.2) is 0 Å². The van der Waals surface area contributed by atoms with E-state index < -0.39 is 21.3 Å². The van der Waals surface area contributed by atoms with Crippen molar-refractivity contribution in [3.8, 4) is 0 Å². The van der Waals surface area contributed by atoms with Crippen LogP contribution in [-0.2, 0) is 9.84 Å². The fourth-order valence-electron chi connectivity index (χ4n) is 0.632. The summed E-state index contributed by atoms with van der Waals surface area (Å²) in [5.74, 6) is 0. The highest BCUT2D eigenvalue weighted by Gasteiger charge is 2.17. The van der Waals surface area contributed by atoms with Crippen LogP contribution in [-0.4, -0.2) is 26.1 Å². The van der Waals surface area contributed by atoms with E-state index in [-0.39, 0.29) is 6.42 Å². The first kappa shape index (κ1) is 9.88. The van der Waals surface area contributed by atoms with E-state index >= 15 is 0 Å². The van der Waals surface area contributed by atoms with Gasteiger partial charge in [-0.3, -0.25) is 0 Å². The molecule has 4 heteroatoms. The Hall–Kier alpha value is -0.120. The molecule has 0 fully saturated rings. The van der Waals surface area contributed by atoms with E-state index in [9.17, 15) is 12.8 Å². The molecule has 0 N–H and O–H groups in total. The quantitative estimate of drug-likeness (QED) is 0.634. The Labute approximate surface area is 61.4 Å². The summed E-state index contributed by atoms with van der Waals surface area (Å²) in [7, 11) is -3.04. The second-order valence-electron chi connectivity index (χ2n) is 2.66. The van der Waals surface area contributed by atoms with Crippen molar-refractivity contribution >= 4 is 9.84 Å². The van der Waals surface area contributed by atoms with Gasteiger partial charge in [0, 0.05) is 6.26 Å². The second-order valence-corrected chi connectivity index (χ2v) is 5.12. The molecule has 0 heterocycles. The summed E-state index contributed by atoms with van der Waals surface area (Å²) in [5.41, 5.74) is 0. The zero-order chi connectivity index (χ0) is 8.36. The standard InChI is InChI=1S/C6H13FO2S/c1-5(7)4-6(2)10(3,8)9/h5-6H,4H2,1-3H3. The molecule has 0 radical (unpaired) electrons. The van der Waals surface area contributed by atoms with E-state index in [0.29, 0.717) is 0 Å².